The quantitative estimate of drug-likeness (QED) is 0.489. The number of aryl methyl sites for hydroxylation is 2. The molecule has 0 fully saturated rings. The third kappa shape index (κ3) is 5.76. The van der Waals surface area contributed by atoms with Gasteiger partial charge in [0.15, 0.2) is 6.10 Å². The fourth-order valence-electron chi connectivity index (χ4n) is 3.38. The molecule has 0 bridgehead atoms. The van der Waals surface area contributed by atoms with E-state index in [2.05, 4.69) is 10.6 Å². The second-order valence-electron chi connectivity index (χ2n) is 7.90. The Morgan fingerprint density at radius 1 is 0.906 bits per heavy atom. The van der Waals surface area contributed by atoms with Gasteiger partial charge in [0, 0.05) is 0 Å². The number of rotatable bonds is 8. The van der Waals surface area contributed by atoms with Crippen molar-refractivity contribution in [2.24, 2.45) is 0 Å². The van der Waals surface area contributed by atoms with E-state index in [-0.39, 0.29) is 17.9 Å². The zero-order chi connectivity index (χ0) is 23.1. The van der Waals surface area contributed by atoms with E-state index < -0.39 is 6.10 Å². The second-order valence-corrected chi connectivity index (χ2v) is 7.90. The largest absolute Gasteiger partial charge is 0.481 e. The number of hydrogen-bond donors (Lipinski definition) is 2. The maximum absolute atomic E-state index is 13.0. The SMILES string of the molecule is CC[C@H](Oc1ccc(C)c(C)c1)C(=O)Nc1ccccc1C(=O)N[C@@H](C)c1ccccc1. The Bertz CT molecular complexity index is 1080. The zero-order valence-corrected chi connectivity index (χ0v) is 19.0. The molecule has 0 radical (unpaired) electrons. The number of para-hydroxylation sites is 1. The van der Waals surface area contributed by atoms with E-state index in [1.165, 1.54) is 5.56 Å². The Kier molecular flexibility index (Phi) is 7.66. The number of hydrogen-bond acceptors (Lipinski definition) is 3. The van der Waals surface area contributed by atoms with Crippen molar-refractivity contribution < 1.29 is 14.3 Å². The highest BCUT2D eigenvalue weighted by Gasteiger charge is 2.22. The summed E-state index contributed by atoms with van der Waals surface area (Å²) in [6.07, 6.45) is -0.172. The number of benzene rings is 3. The topological polar surface area (TPSA) is 67.4 Å². The van der Waals surface area contributed by atoms with Gasteiger partial charge in [-0.05, 0) is 68.1 Å². The molecule has 0 aliphatic heterocycles. The summed E-state index contributed by atoms with van der Waals surface area (Å²) in [5.74, 6) is 0.111. The molecule has 0 saturated heterocycles. The van der Waals surface area contributed by atoms with Crippen molar-refractivity contribution in [3.8, 4) is 5.75 Å². The second kappa shape index (κ2) is 10.6. The summed E-state index contributed by atoms with van der Waals surface area (Å²) in [5, 5.41) is 5.88. The van der Waals surface area contributed by atoms with Crippen molar-refractivity contribution >= 4 is 17.5 Å². The van der Waals surface area contributed by atoms with E-state index >= 15 is 0 Å². The Hall–Kier alpha value is -3.60. The third-order valence-corrected chi connectivity index (χ3v) is 5.50. The predicted octanol–water partition coefficient (Wildman–Crippen LogP) is 5.59. The molecule has 0 heterocycles. The molecular formula is C27H30N2O3. The minimum absolute atomic E-state index is 0.163. The lowest BCUT2D eigenvalue weighted by Gasteiger charge is -2.20. The number of nitrogens with one attached hydrogen (secondary N) is 2. The lowest BCUT2D eigenvalue weighted by molar-refractivity contribution is -0.122. The van der Waals surface area contributed by atoms with Crippen LogP contribution in [0.3, 0.4) is 0 Å². The molecule has 3 aromatic carbocycles. The van der Waals surface area contributed by atoms with Crippen LogP contribution < -0.4 is 15.4 Å². The lowest BCUT2D eigenvalue weighted by atomic mass is 10.1. The number of ether oxygens (including phenoxy) is 1. The Balaban J connectivity index is 1.72. The molecule has 2 N–H and O–H groups in total. The third-order valence-electron chi connectivity index (χ3n) is 5.50. The molecule has 5 nitrogen and oxygen atoms in total. The van der Waals surface area contributed by atoms with Crippen molar-refractivity contribution in [2.45, 2.75) is 46.3 Å². The Morgan fingerprint density at radius 3 is 2.28 bits per heavy atom. The first-order valence-electron chi connectivity index (χ1n) is 10.9. The molecule has 0 unspecified atom stereocenters. The molecule has 2 amide bonds. The van der Waals surface area contributed by atoms with Crippen molar-refractivity contribution in [1.29, 1.82) is 0 Å². The maximum Gasteiger partial charge on any atom is 0.265 e. The highest BCUT2D eigenvalue weighted by atomic mass is 16.5. The molecule has 166 valence electrons. The van der Waals surface area contributed by atoms with Crippen LogP contribution in [-0.4, -0.2) is 17.9 Å². The van der Waals surface area contributed by atoms with Crippen molar-refractivity contribution in [2.75, 3.05) is 5.32 Å². The van der Waals surface area contributed by atoms with Gasteiger partial charge in [-0.1, -0.05) is 55.5 Å². The van der Waals surface area contributed by atoms with Gasteiger partial charge < -0.3 is 15.4 Å². The van der Waals surface area contributed by atoms with Crippen LogP contribution in [-0.2, 0) is 4.79 Å². The first-order chi connectivity index (χ1) is 15.4. The van der Waals surface area contributed by atoms with E-state index in [0.717, 1.165) is 11.1 Å². The van der Waals surface area contributed by atoms with E-state index in [0.29, 0.717) is 23.4 Å². The molecule has 0 aliphatic carbocycles. The summed E-state index contributed by atoms with van der Waals surface area (Å²) in [6.45, 7) is 7.86. The molecule has 3 aromatic rings. The number of carbonyl (C=O) groups excluding carboxylic acids is 2. The van der Waals surface area contributed by atoms with Gasteiger partial charge in [-0.3, -0.25) is 9.59 Å². The van der Waals surface area contributed by atoms with Crippen LogP contribution in [0.2, 0.25) is 0 Å². The number of carbonyl (C=O) groups is 2. The van der Waals surface area contributed by atoms with Crippen LogP contribution in [0.4, 0.5) is 5.69 Å². The molecular weight excluding hydrogens is 400 g/mol. The fraction of sp³-hybridized carbons (Fsp3) is 0.259. The van der Waals surface area contributed by atoms with Gasteiger partial charge in [0.2, 0.25) is 0 Å². The summed E-state index contributed by atoms with van der Waals surface area (Å²) >= 11 is 0. The van der Waals surface area contributed by atoms with Crippen LogP contribution in [0.5, 0.6) is 5.75 Å². The van der Waals surface area contributed by atoms with Crippen molar-refractivity contribution in [3.63, 3.8) is 0 Å². The molecule has 0 saturated carbocycles. The Morgan fingerprint density at radius 2 is 1.59 bits per heavy atom. The lowest BCUT2D eigenvalue weighted by Crippen LogP contribution is -2.34. The van der Waals surface area contributed by atoms with E-state index in [1.807, 2.05) is 76.2 Å². The zero-order valence-electron chi connectivity index (χ0n) is 19.0. The summed E-state index contributed by atoms with van der Waals surface area (Å²) in [6, 6.07) is 22.3. The molecule has 0 aliphatic rings. The first kappa shape index (κ1) is 23.1. The molecule has 3 rings (SSSR count). The van der Waals surface area contributed by atoms with E-state index in [1.54, 1.807) is 24.3 Å². The molecule has 32 heavy (non-hydrogen) atoms. The summed E-state index contributed by atoms with van der Waals surface area (Å²) < 4.78 is 5.94. The maximum atomic E-state index is 13.0. The van der Waals surface area contributed by atoms with Gasteiger partial charge in [-0.2, -0.15) is 0 Å². The van der Waals surface area contributed by atoms with Gasteiger partial charge in [-0.25, -0.2) is 0 Å². The number of amides is 2. The van der Waals surface area contributed by atoms with Crippen LogP contribution in [0.25, 0.3) is 0 Å². The van der Waals surface area contributed by atoms with Crippen molar-refractivity contribution in [1.82, 2.24) is 5.32 Å². The first-order valence-corrected chi connectivity index (χ1v) is 10.9. The van der Waals surface area contributed by atoms with E-state index in [9.17, 15) is 9.59 Å². The standard InChI is InChI=1S/C27H30N2O3/c1-5-25(32-22-16-15-18(2)19(3)17-22)27(31)29-24-14-10-9-13-23(24)26(30)28-20(4)21-11-7-6-8-12-21/h6-17,20,25H,5H2,1-4H3,(H,28,30)(H,29,31)/t20-,25-/m0/s1. The van der Waals surface area contributed by atoms with Gasteiger partial charge in [0.1, 0.15) is 5.75 Å². The van der Waals surface area contributed by atoms with E-state index in [4.69, 9.17) is 4.74 Å². The van der Waals surface area contributed by atoms with Gasteiger partial charge in [-0.15, -0.1) is 0 Å². The smallest absolute Gasteiger partial charge is 0.265 e. The van der Waals surface area contributed by atoms with Crippen LogP contribution >= 0.6 is 0 Å². The van der Waals surface area contributed by atoms with Gasteiger partial charge in [0.25, 0.3) is 11.8 Å². The average molecular weight is 431 g/mol. The molecule has 2 atom stereocenters. The Labute approximate surface area is 189 Å². The number of anilines is 1. The normalized spacial score (nSPS) is 12.5. The molecule has 0 spiro atoms. The fourth-order valence-corrected chi connectivity index (χ4v) is 3.38. The highest BCUT2D eigenvalue weighted by molar-refractivity contribution is 6.04. The van der Waals surface area contributed by atoms with Crippen LogP contribution in [0.1, 0.15) is 53.4 Å². The summed E-state index contributed by atoms with van der Waals surface area (Å²) in [4.78, 5) is 25.9. The van der Waals surface area contributed by atoms with Crippen molar-refractivity contribution in [3.05, 3.63) is 95.1 Å². The van der Waals surface area contributed by atoms with Crippen LogP contribution in [0, 0.1) is 13.8 Å². The monoisotopic (exact) mass is 430 g/mol. The molecule has 0 aromatic heterocycles. The highest BCUT2D eigenvalue weighted by Crippen LogP contribution is 2.21. The average Bonchev–Trinajstić information content (AvgIpc) is 2.80. The van der Waals surface area contributed by atoms with Gasteiger partial charge >= 0.3 is 0 Å². The van der Waals surface area contributed by atoms with Crippen LogP contribution in [0.15, 0.2) is 72.8 Å². The minimum atomic E-state index is -0.670. The molecule has 5 heteroatoms. The summed E-state index contributed by atoms with van der Waals surface area (Å²) in [5.41, 5.74) is 4.14. The minimum Gasteiger partial charge on any atom is -0.481 e. The van der Waals surface area contributed by atoms with Gasteiger partial charge in [0.05, 0.1) is 17.3 Å². The summed E-state index contributed by atoms with van der Waals surface area (Å²) in [7, 11) is 0. The predicted molar refractivity (Wildman–Crippen MR) is 128 cm³/mol.